The summed E-state index contributed by atoms with van der Waals surface area (Å²) < 4.78 is 13.5. The molecule has 0 bridgehead atoms. The summed E-state index contributed by atoms with van der Waals surface area (Å²) in [6.07, 6.45) is 0.581. The summed E-state index contributed by atoms with van der Waals surface area (Å²) in [7, 11) is 0. The Bertz CT molecular complexity index is 1020. The Morgan fingerprint density at radius 1 is 0.818 bits per heavy atom. The Morgan fingerprint density at radius 2 is 1.39 bits per heavy atom. The molecule has 0 saturated carbocycles. The highest BCUT2D eigenvalue weighted by atomic mass is 19.1. The molecular formula is C28H31FN2O2. The van der Waals surface area contributed by atoms with Crippen LogP contribution in [0.1, 0.15) is 30.5 Å². The van der Waals surface area contributed by atoms with Gasteiger partial charge in [-0.2, -0.15) is 0 Å². The van der Waals surface area contributed by atoms with Crippen LogP contribution in [-0.4, -0.2) is 29.3 Å². The topological polar surface area (TPSA) is 49.4 Å². The summed E-state index contributed by atoms with van der Waals surface area (Å²) in [5, 5.41) is 3.00. The minimum atomic E-state index is -0.688. The number of benzene rings is 3. The van der Waals surface area contributed by atoms with Gasteiger partial charge in [-0.15, -0.1) is 0 Å². The van der Waals surface area contributed by atoms with Crippen LogP contribution in [0.25, 0.3) is 0 Å². The van der Waals surface area contributed by atoms with Crippen LogP contribution in [0.3, 0.4) is 0 Å². The van der Waals surface area contributed by atoms with Gasteiger partial charge in [0.05, 0.1) is 6.42 Å². The zero-order chi connectivity index (χ0) is 23.6. The zero-order valence-corrected chi connectivity index (χ0v) is 19.2. The fourth-order valence-corrected chi connectivity index (χ4v) is 3.64. The van der Waals surface area contributed by atoms with Gasteiger partial charge in [0.2, 0.25) is 11.8 Å². The Labute approximate surface area is 195 Å². The van der Waals surface area contributed by atoms with Gasteiger partial charge < -0.3 is 10.2 Å². The predicted molar refractivity (Wildman–Crippen MR) is 129 cm³/mol. The molecule has 0 aliphatic carbocycles. The highest BCUT2D eigenvalue weighted by Gasteiger charge is 2.30. The summed E-state index contributed by atoms with van der Waals surface area (Å²) in [5.41, 5.74) is 2.62. The summed E-state index contributed by atoms with van der Waals surface area (Å²) in [5.74, 6) is -0.379. The Kier molecular flexibility index (Phi) is 8.76. The van der Waals surface area contributed by atoms with E-state index in [1.54, 1.807) is 17.0 Å². The number of carbonyl (C=O) groups excluding carboxylic acids is 2. The molecule has 33 heavy (non-hydrogen) atoms. The largest absolute Gasteiger partial charge is 0.354 e. The van der Waals surface area contributed by atoms with E-state index in [-0.39, 0.29) is 36.5 Å². The minimum absolute atomic E-state index is 0.147. The van der Waals surface area contributed by atoms with Crippen LogP contribution in [0.5, 0.6) is 0 Å². The smallest absolute Gasteiger partial charge is 0.243 e. The summed E-state index contributed by atoms with van der Waals surface area (Å²) in [6.45, 7) is 4.81. The van der Waals surface area contributed by atoms with Gasteiger partial charge in [0, 0.05) is 19.5 Å². The lowest BCUT2D eigenvalue weighted by molar-refractivity contribution is -0.140. The van der Waals surface area contributed by atoms with Crippen molar-refractivity contribution in [3.63, 3.8) is 0 Å². The number of halogens is 1. The minimum Gasteiger partial charge on any atom is -0.354 e. The van der Waals surface area contributed by atoms with Crippen LogP contribution in [0, 0.1) is 11.7 Å². The van der Waals surface area contributed by atoms with Gasteiger partial charge >= 0.3 is 0 Å². The van der Waals surface area contributed by atoms with E-state index >= 15 is 0 Å². The van der Waals surface area contributed by atoms with Gasteiger partial charge in [0.1, 0.15) is 11.9 Å². The quantitative estimate of drug-likeness (QED) is 0.487. The first-order valence-electron chi connectivity index (χ1n) is 11.3. The second-order valence-corrected chi connectivity index (χ2v) is 8.66. The van der Waals surface area contributed by atoms with Gasteiger partial charge in [0.25, 0.3) is 0 Å². The van der Waals surface area contributed by atoms with Crippen LogP contribution < -0.4 is 5.32 Å². The maximum absolute atomic E-state index is 13.5. The highest BCUT2D eigenvalue weighted by molar-refractivity contribution is 5.88. The molecule has 3 aromatic carbocycles. The van der Waals surface area contributed by atoms with E-state index in [2.05, 4.69) is 5.32 Å². The van der Waals surface area contributed by atoms with E-state index in [1.165, 1.54) is 12.1 Å². The monoisotopic (exact) mass is 446 g/mol. The molecule has 1 N–H and O–H groups in total. The lowest BCUT2D eigenvalue weighted by Crippen LogP contribution is -2.51. The number of nitrogens with one attached hydrogen (secondary N) is 1. The summed E-state index contributed by atoms with van der Waals surface area (Å²) >= 11 is 0. The van der Waals surface area contributed by atoms with E-state index in [1.807, 2.05) is 74.5 Å². The molecule has 0 fully saturated rings. The van der Waals surface area contributed by atoms with Gasteiger partial charge in [0.15, 0.2) is 0 Å². The zero-order valence-electron chi connectivity index (χ0n) is 19.2. The van der Waals surface area contributed by atoms with Crippen molar-refractivity contribution in [2.45, 2.75) is 39.3 Å². The number of hydrogen-bond donors (Lipinski definition) is 1. The predicted octanol–water partition coefficient (Wildman–Crippen LogP) is 4.78. The van der Waals surface area contributed by atoms with E-state index in [9.17, 15) is 14.0 Å². The van der Waals surface area contributed by atoms with E-state index in [0.29, 0.717) is 13.0 Å². The van der Waals surface area contributed by atoms with Crippen molar-refractivity contribution in [2.24, 2.45) is 5.92 Å². The maximum atomic E-state index is 13.5. The van der Waals surface area contributed by atoms with Crippen molar-refractivity contribution in [3.8, 4) is 0 Å². The van der Waals surface area contributed by atoms with Crippen molar-refractivity contribution >= 4 is 11.8 Å². The Morgan fingerprint density at radius 3 is 1.97 bits per heavy atom. The highest BCUT2D eigenvalue weighted by Crippen LogP contribution is 2.17. The van der Waals surface area contributed by atoms with Crippen LogP contribution in [0.2, 0.25) is 0 Å². The normalized spacial score (nSPS) is 11.8. The number of amides is 2. The molecule has 3 aromatic rings. The molecule has 0 aliphatic heterocycles. The van der Waals surface area contributed by atoms with Gasteiger partial charge in [-0.25, -0.2) is 4.39 Å². The number of carbonyl (C=O) groups is 2. The molecule has 3 rings (SSSR count). The summed E-state index contributed by atoms with van der Waals surface area (Å²) in [4.78, 5) is 28.5. The molecule has 0 aliphatic rings. The van der Waals surface area contributed by atoms with Gasteiger partial charge in [-0.1, -0.05) is 86.6 Å². The third kappa shape index (κ3) is 7.56. The lowest BCUT2D eigenvalue weighted by Gasteiger charge is -2.32. The third-order valence-electron chi connectivity index (χ3n) is 5.42. The van der Waals surface area contributed by atoms with E-state index in [4.69, 9.17) is 0 Å². The van der Waals surface area contributed by atoms with Crippen LogP contribution in [0.15, 0.2) is 84.9 Å². The summed E-state index contributed by atoms with van der Waals surface area (Å²) in [6, 6.07) is 24.6. The van der Waals surface area contributed by atoms with E-state index < -0.39 is 6.04 Å². The standard InChI is InChI=1S/C28H31FN2O2/c1-21(2)19-30-28(33)26(17-22-9-5-3-6-10-22)31(20-24-13-15-25(29)16-14-24)27(32)18-23-11-7-4-8-12-23/h3-16,21,26H,17-20H2,1-2H3,(H,30,33). The second kappa shape index (κ2) is 12.0. The average molecular weight is 447 g/mol. The third-order valence-corrected chi connectivity index (χ3v) is 5.42. The number of hydrogen-bond acceptors (Lipinski definition) is 2. The van der Waals surface area contributed by atoms with Crippen molar-refractivity contribution in [3.05, 3.63) is 107 Å². The molecule has 2 amide bonds. The Hall–Kier alpha value is -3.47. The average Bonchev–Trinajstić information content (AvgIpc) is 2.82. The van der Waals surface area contributed by atoms with Crippen LogP contribution in [-0.2, 0) is 29.0 Å². The fourth-order valence-electron chi connectivity index (χ4n) is 3.64. The molecule has 0 heterocycles. The molecule has 5 heteroatoms. The molecule has 4 nitrogen and oxygen atoms in total. The first-order valence-corrected chi connectivity index (χ1v) is 11.3. The molecule has 1 unspecified atom stereocenters. The maximum Gasteiger partial charge on any atom is 0.243 e. The number of rotatable bonds is 10. The van der Waals surface area contributed by atoms with Crippen molar-refractivity contribution in [1.29, 1.82) is 0 Å². The van der Waals surface area contributed by atoms with Gasteiger partial charge in [-0.05, 0) is 34.7 Å². The first-order chi connectivity index (χ1) is 15.9. The fraction of sp³-hybridized carbons (Fsp3) is 0.286. The molecule has 0 radical (unpaired) electrons. The van der Waals surface area contributed by atoms with Gasteiger partial charge in [-0.3, -0.25) is 9.59 Å². The van der Waals surface area contributed by atoms with Crippen molar-refractivity contribution in [1.82, 2.24) is 10.2 Å². The van der Waals surface area contributed by atoms with E-state index in [0.717, 1.165) is 16.7 Å². The Balaban J connectivity index is 1.93. The second-order valence-electron chi connectivity index (χ2n) is 8.66. The van der Waals surface area contributed by atoms with Crippen LogP contribution in [0.4, 0.5) is 4.39 Å². The molecular weight excluding hydrogens is 415 g/mol. The molecule has 0 aromatic heterocycles. The van der Waals surface area contributed by atoms with Crippen molar-refractivity contribution in [2.75, 3.05) is 6.54 Å². The lowest BCUT2D eigenvalue weighted by atomic mass is 10.0. The SMILES string of the molecule is CC(C)CNC(=O)C(Cc1ccccc1)N(Cc1ccc(F)cc1)C(=O)Cc1ccccc1. The number of nitrogens with zero attached hydrogens (tertiary/aromatic N) is 1. The molecule has 0 spiro atoms. The molecule has 0 saturated heterocycles. The molecule has 172 valence electrons. The van der Waals surface area contributed by atoms with Crippen molar-refractivity contribution < 1.29 is 14.0 Å². The first kappa shape index (κ1) is 24.2. The molecule has 1 atom stereocenters. The van der Waals surface area contributed by atoms with Crippen LogP contribution >= 0.6 is 0 Å².